The summed E-state index contributed by atoms with van der Waals surface area (Å²) in [7, 11) is -3.44. The number of halogens is 3. The SMILES string of the molecule is CCOC(=O)Cc1cc2c(s1)CCN(C(=O)[C@H](Cc1ccc(NS(C)(=O)=O)cc1)NC(=O)c1ccc(C(=N)N)cc1)C2.O=C(O)C(F)(F)F. The number of carbonyl (C=O) groups is 4. The molecule has 0 spiro atoms. The van der Waals surface area contributed by atoms with Crippen LogP contribution in [0.15, 0.2) is 54.6 Å². The van der Waals surface area contributed by atoms with Crippen molar-refractivity contribution >= 4 is 56.6 Å². The van der Waals surface area contributed by atoms with Gasteiger partial charge in [-0.2, -0.15) is 13.2 Å². The van der Waals surface area contributed by atoms with Gasteiger partial charge in [0.2, 0.25) is 15.9 Å². The first-order chi connectivity index (χ1) is 22.9. The summed E-state index contributed by atoms with van der Waals surface area (Å²) in [4.78, 5) is 51.6. The predicted molar refractivity (Wildman–Crippen MR) is 175 cm³/mol. The molecule has 0 fully saturated rings. The second-order valence-corrected chi connectivity index (χ2v) is 13.7. The van der Waals surface area contributed by atoms with Crippen LogP contribution in [0.5, 0.6) is 0 Å². The van der Waals surface area contributed by atoms with E-state index in [-0.39, 0.29) is 30.6 Å². The molecule has 2 heterocycles. The van der Waals surface area contributed by atoms with E-state index in [0.717, 1.165) is 27.1 Å². The zero-order chi connectivity index (χ0) is 36.5. The topological polar surface area (TPSA) is 209 Å². The number of ether oxygens (including phenoxy) is 1. The van der Waals surface area contributed by atoms with Gasteiger partial charge in [-0.3, -0.25) is 24.5 Å². The Hall–Kier alpha value is -4.97. The summed E-state index contributed by atoms with van der Waals surface area (Å²) >= 11 is 1.55. The molecular formula is C31H34F3N5O8S2. The van der Waals surface area contributed by atoms with E-state index in [1.54, 1.807) is 71.7 Å². The van der Waals surface area contributed by atoms with E-state index < -0.39 is 34.1 Å². The Morgan fingerprint density at radius 2 is 1.67 bits per heavy atom. The van der Waals surface area contributed by atoms with Crippen LogP contribution in [0.3, 0.4) is 0 Å². The molecule has 2 aromatic carbocycles. The molecule has 6 N–H and O–H groups in total. The van der Waals surface area contributed by atoms with E-state index in [1.165, 1.54) is 0 Å². The average molecular weight is 726 g/mol. The predicted octanol–water partition coefficient (Wildman–Crippen LogP) is 3.07. The summed E-state index contributed by atoms with van der Waals surface area (Å²) in [6, 6.07) is 13.9. The number of nitrogens with zero attached hydrogens (tertiary/aromatic N) is 1. The van der Waals surface area contributed by atoms with Crippen molar-refractivity contribution < 1.29 is 50.6 Å². The number of sulfonamides is 1. The number of benzene rings is 2. The maximum absolute atomic E-state index is 13.9. The third-order valence-electron chi connectivity index (χ3n) is 6.85. The van der Waals surface area contributed by atoms with Gasteiger partial charge in [0.25, 0.3) is 5.91 Å². The Labute approximate surface area is 283 Å². The van der Waals surface area contributed by atoms with Gasteiger partial charge in [-0.1, -0.05) is 24.3 Å². The number of anilines is 1. The van der Waals surface area contributed by atoms with Gasteiger partial charge in [-0.15, -0.1) is 11.3 Å². The molecule has 49 heavy (non-hydrogen) atoms. The lowest BCUT2D eigenvalue weighted by molar-refractivity contribution is -0.192. The highest BCUT2D eigenvalue weighted by atomic mass is 32.2. The molecule has 0 radical (unpaired) electrons. The molecule has 0 saturated heterocycles. The second kappa shape index (κ2) is 16.4. The number of esters is 1. The first-order valence-electron chi connectivity index (χ1n) is 14.5. The largest absolute Gasteiger partial charge is 0.490 e. The quantitative estimate of drug-likeness (QED) is 0.112. The Morgan fingerprint density at radius 3 is 2.20 bits per heavy atom. The molecular weight excluding hydrogens is 691 g/mol. The summed E-state index contributed by atoms with van der Waals surface area (Å²) in [5, 5.41) is 17.5. The van der Waals surface area contributed by atoms with E-state index in [4.69, 9.17) is 25.8 Å². The van der Waals surface area contributed by atoms with E-state index in [9.17, 15) is 36.0 Å². The third kappa shape index (κ3) is 11.9. The standard InChI is InChI=1S/C29H33N5O6S2.C2HF3O2/c1-3-40-26(35)16-23-15-21-17-34(13-12-25(21)41-23)29(37)24(14-18-4-10-22(11-5-18)33-42(2,38)39)32-28(36)20-8-6-19(7-9-20)27(30)31;3-2(4,5)1(6)7/h4-11,15,24,33H,3,12-14,16-17H2,1-2H3,(H3,30,31)(H,32,36);(H,6,7)/t24-;/m0./s1. The molecule has 1 aliphatic heterocycles. The minimum Gasteiger partial charge on any atom is -0.475 e. The Morgan fingerprint density at radius 1 is 1.08 bits per heavy atom. The number of amidine groups is 1. The van der Waals surface area contributed by atoms with Crippen LogP contribution in [-0.4, -0.2) is 79.6 Å². The summed E-state index contributed by atoms with van der Waals surface area (Å²) in [6.07, 6.45) is -3.03. The number of nitrogens with one attached hydrogen (secondary N) is 3. The maximum atomic E-state index is 13.9. The van der Waals surface area contributed by atoms with Crippen molar-refractivity contribution in [3.8, 4) is 0 Å². The van der Waals surface area contributed by atoms with Crippen LogP contribution < -0.4 is 15.8 Å². The van der Waals surface area contributed by atoms with E-state index in [0.29, 0.717) is 42.9 Å². The number of carbonyl (C=O) groups excluding carboxylic acids is 3. The summed E-state index contributed by atoms with van der Waals surface area (Å²) < 4.78 is 62.3. The van der Waals surface area contributed by atoms with Gasteiger partial charge in [-0.25, -0.2) is 13.2 Å². The van der Waals surface area contributed by atoms with Gasteiger partial charge in [0.15, 0.2) is 0 Å². The molecule has 3 aromatic rings. The molecule has 0 unspecified atom stereocenters. The van der Waals surface area contributed by atoms with E-state index in [1.807, 2.05) is 6.07 Å². The number of carboxylic acid groups (broad SMARTS) is 1. The molecule has 2 amide bonds. The lowest BCUT2D eigenvalue weighted by Gasteiger charge is -2.31. The molecule has 13 nitrogen and oxygen atoms in total. The van der Waals surface area contributed by atoms with Gasteiger partial charge >= 0.3 is 18.1 Å². The van der Waals surface area contributed by atoms with Crippen LogP contribution in [0, 0.1) is 5.41 Å². The second-order valence-electron chi connectivity index (χ2n) is 10.7. The fourth-order valence-electron chi connectivity index (χ4n) is 4.65. The van der Waals surface area contributed by atoms with Crippen LogP contribution in [0.2, 0.25) is 0 Å². The van der Waals surface area contributed by atoms with Gasteiger partial charge in [-0.05, 0) is 54.8 Å². The highest BCUT2D eigenvalue weighted by molar-refractivity contribution is 7.92. The number of fused-ring (bicyclic) bond motifs is 1. The number of nitrogens with two attached hydrogens (primary N) is 1. The maximum Gasteiger partial charge on any atom is 0.490 e. The van der Waals surface area contributed by atoms with Crippen molar-refractivity contribution in [3.05, 3.63) is 86.6 Å². The Bertz CT molecular complexity index is 1790. The number of nitrogen functional groups attached to an aromatic ring is 1. The number of carboxylic acids is 1. The zero-order valence-electron chi connectivity index (χ0n) is 26.3. The number of alkyl halides is 3. The molecule has 0 saturated carbocycles. The third-order valence-corrected chi connectivity index (χ3v) is 8.70. The van der Waals surface area contributed by atoms with Gasteiger partial charge in [0.05, 0.1) is 19.3 Å². The number of hydrogen-bond donors (Lipinski definition) is 5. The van der Waals surface area contributed by atoms with Crippen molar-refractivity contribution in [2.45, 2.75) is 44.9 Å². The molecule has 1 atom stereocenters. The molecule has 0 aliphatic carbocycles. The van der Waals surface area contributed by atoms with Crippen molar-refractivity contribution in [2.24, 2.45) is 5.73 Å². The van der Waals surface area contributed by atoms with Crippen LogP contribution in [0.4, 0.5) is 18.9 Å². The van der Waals surface area contributed by atoms with Gasteiger partial charge in [0.1, 0.15) is 11.9 Å². The van der Waals surface area contributed by atoms with Crippen molar-refractivity contribution in [3.63, 3.8) is 0 Å². The Kier molecular flexibility index (Phi) is 12.9. The fourth-order valence-corrected chi connectivity index (χ4v) is 6.37. The van der Waals surface area contributed by atoms with Crippen molar-refractivity contribution in [2.75, 3.05) is 24.1 Å². The number of rotatable bonds is 11. The van der Waals surface area contributed by atoms with Crippen molar-refractivity contribution in [1.29, 1.82) is 5.41 Å². The summed E-state index contributed by atoms with van der Waals surface area (Å²) in [5.74, 6) is -3.88. The lowest BCUT2D eigenvalue weighted by Crippen LogP contribution is -2.50. The van der Waals surface area contributed by atoms with E-state index >= 15 is 0 Å². The number of thiophene rings is 1. The number of aliphatic carboxylic acids is 1. The monoisotopic (exact) mass is 725 g/mol. The number of hydrogen-bond acceptors (Lipinski definition) is 9. The first-order valence-corrected chi connectivity index (χ1v) is 17.2. The molecule has 1 aromatic heterocycles. The smallest absolute Gasteiger partial charge is 0.475 e. The minimum absolute atomic E-state index is 0.118. The first kappa shape index (κ1) is 38.5. The minimum atomic E-state index is -5.08. The van der Waals surface area contributed by atoms with Gasteiger partial charge in [0, 0.05) is 46.1 Å². The number of amides is 2. The van der Waals surface area contributed by atoms with Crippen LogP contribution in [-0.2, 0) is 55.0 Å². The summed E-state index contributed by atoms with van der Waals surface area (Å²) in [5.41, 5.74) is 8.39. The average Bonchev–Trinajstić information content (AvgIpc) is 3.42. The normalized spacial score (nSPS) is 13.2. The van der Waals surface area contributed by atoms with E-state index in [2.05, 4.69) is 10.0 Å². The summed E-state index contributed by atoms with van der Waals surface area (Å²) in [6.45, 7) is 2.89. The molecule has 18 heteroatoms. The van der Waals surface area contributed by atoms with Crippen LogP contribution in [0.25, 0.3) is 0 Å². The zero-order valence-corrected chi connectivity index (χ0v) is 27.9. The highest BCUT2D eigenvalue weighted by Gasteiger charge is 2.38. The molecule has 0 bridgehead atoms. The van der Waals surface area contributed by atoms with Crippen molar-refractivity contribution in [1.82, 2.24) is 10.2 Å². The molecule has 4 rings (SSSR count). The molecule has 1 aliphatic rings. The molecule has 264 valence electrons. The van der Waals surface area contributed by atoms with Crippen LogP contribution in [0.1, 0.15) is 43.7 Å². The van der Waals surface area contributed by atoms with Gasteiger partial charge < -0.3 is 25.8 Å². The lowest BCUT2D eigenvalue weighted by atomic mass is 10.0. The van der Waals surface area contributed by atoms with Crippen LogP contribution >= 0.6 is 11.3 Å². The fraction of sp³-hybridized carbons (Fsp3) is 0.323. The highest BCUT2D eigenvalue weighted by Crippen LogP contribution is 2.29. The Balaban J connectivity index is 0.000000838.